The summed E-state index contributed by atoms with van der Waals surface area (Å²) in [6.07, 6.45) is 8.88. The fourth-order valence-corrected chi connectivity index (χ4v) is 5.51. The number of nitrogen functional groups attached to an aromatic ring is 1. The number of hydrogen-bond donors (Lipinski definition) is 1. The lowest BCUT2D eigenvalue weighted by atomic mass is 9.43. The van der Waals surface area contributed by atoms with E-state index in [1.165, 1.54) is 25.1 Å². The van der Waals surface area contributed by atoms with Gasteiger partial charge in [-0.3, -0.25) is 4.90 Å². The normalized spacial score (nSPS) is 29.6. The monoisotopic (exact) mass is 381 g/mol. The number of aromatic nitrogens is 3. The molecule has 0 radical (unpaired) electrons. The predicted octanol–water partition coefficient (Wildman–Crippen LogP) is 3.00. The van der Waals surface area contributed by atoms with Gasteiger partial charge in [-0.05, 0) is 43.7 Å². The number of nitrogens with two attached hydrogens (primary N) is 1. The summed E-state index contributed by atoms with van der Waals surface area (Å²) < 4.78 is 8.06. The van der Waals surface area contributed by atoms with Crippen LogP contribution in [0.5, 0.6) is 0 Å². The summed E-state index contributed by atoms with van der Waals surface area (Å²) in [7, 11) is 0. The van der Waals surface area contributed by atoms with Crippen molar-refractivity contribution in [3.05, 3.63) is 29.8 Å². The van der Waals surface area contributed by atoms with Gasteiger partial charge < -0.3 is 15.0 Å². The Kier molecular flexibility index (Phi) is 4.07. The summed E-state index contributed by atoms with van der Waals surface area (Å²) in [5, 5.41) is 0. The van der Waals surface area contributed by atoms with Crippen LogP contribution < -0.4 is 5.73 Å². The molecule has 0 unspecified atom stereocenters. The second-order valence-electron chi connectivity index (χ2n) is 9.51. The van der Waals surface area contributed by atoms with Crippen LogP contribution in [0.3, 0.4) is 0 Å². The maximum atomic E-state index is 5.91. The molecular weight excluding hydrogens is 350 g/mol. The lowest BCUT2D eigenvalue weighted by molar-refractivity contribution is -0.221. The largest absolute Gasteiger partial charge is 0.383 e. The lowest BCUT2D eigenvalue weighted by Gasteiger charge is -2.74. The summed E-state index contributed by atoms with van der Waals surface area (Å²) >= 11 is 0. The van der Waals surface area contributed by atoms with Crippen molar-refractivity contribution in [2.45, 2.75) is 57.5 Å². The fraction of sp³-hybridized carbons (Fsp3) is 0.636. The van der Waals surface area contributed by atoms with Crippen molar-refractivity contribution in [1.82, 2.24) is 19.4 Å². The Morgan fingerprint density at radius 3 is 2.54 bits per heavy atom. The second-order valence-corrected chi connectivity index (χ2v) is 9.51. The minimum atomic E-state index is 0.268. The van der Waals surface area contributed by atoms with E-state index < -0.39 is 0 Å². The van der Waals surface area contributed by atoms with Gasteiger partial charge in [-0.2, -0.15) is 0 Å². The molecule has 0 amide bonds. The Balaban J connectivity index is 1.43. The van der Waals surface area contributed by atoms with Gasteiger partial charge in [-0.25, -0.2) is 9.97 Å². The smallest absolute Gasteiger partial charge is 0.126 e. The van der Waals surface area contributed by atoms with Crippen LogP contribution in [0.15, 0.2) is 18.5 Å². The lowest BCUT2D eigenvalue weighted by Crippen LogP contribution is -2.79. The molecule has 2 aromatic heterocycles. The summed E-state index contributed by atoms with van der Waals surface area (Å²) in [4.78, 5) is 12.1. The first kappa shape index (κ1) is 18.1. The first-order valence-electron chi connectivity index (χ1n) is 10.5. The number of imidazole rings is 1. The van der Waals surface area contributed by atoms with Crippen molar-refractivity contribution in [2.24, 2.45) is 5.92 Å². The van der Waals surface area contributed by atoms with Gasteiger partial charge in [0.1, 0.15) is 11.6 Å². The first-order chi connectivity index (χ1) is 13.4. The van der Waals surface area contributed by atoms with Crippen LogP contribution in [0.4, 0.5) is 5.82 Å². The third kappa shape index (κ3) is 2.69. The van der Waals surface area contributed by atoms with Crippen LogP contribution in [0, 0.1) is 12.8 Å². The number of ether oxygens (including phenoxy) is 1. The number of nitrogens with zero attached hydrogens (tertiary/aromatic N) is 4. The molecule has 3 heterocycles. The van der Waals surface area contributed by atoms with Crippen LogP contribution in [0.25, 0.3) is 11.3 Å². The van der Waals surface area contributed by atoms with E-state index in [1.807, 2.05) is 13.1 Å². The number of pyridine rings is 1. The molecule has 1 saturated heterocycles. The van der Waals surface area contributed by atoms with E-state index in [4.69, 9.17) is 15.5 Å². The molecule has 0 spiro atoms. The molecule has 2 bridgehead atoms. The van der Waals surface area contributed by atoms with Crippen molar-refractivity contribution in [3.63, 3.8) is 0 Å². The Morgan fingerprint density at radius 1 is 1.18 bits per heavy atom. The van der Waals surface area contributed by atoms with Crippen LogP contribution in [-0.4, -0.2) is 51.3 Å². The number of rotatable bonds is 5. The van der Waals surface area contributed by atoms with Crippen LogP contribution in [0.2, 0.25) is 0 Å². The summed E-state index contributed by atoms with van der Waals surface area (Å²) in [6, 6.07) is 2.10. The van der Waals surface area contributed by atoms with E-state index in [0.717, 1.165) is 49.5 Å². The molecule has 150 valence electrons. The average molecular weight is 382 g/mol. The number of hydrogen-bond acceptors (Lipinski definition) is 5. The minimum Gasteiger partial charge on any atom is -0.383 e. The van der Waals surface area contributed by atoms with Crippen LogP contribution in [-0.2, 0) is 16.7 Å². The third-order valence-corrected chi connectivity index (χ3v) is 6.95. The average Bonchev–Trinajstić information content (AvgIpc) is 2.99. The maximum absolute atomic E-state index is 5.91. The highest BCUT2D eigenvalue weighted by atomic mass is 16.5. The third-order valence-electron chi connectivity index (χ3n) is 6.95. The molecule has 4 aliphatic rings. The number of aryl methyl sites for hydroxylation is 1. The number of morpholine rings is 1. The van der Waals surface area contributed by atoms with E-state index in [-0.39, 0.29) is 5.54 Å². The molecule has 0 aromatic carbocycles. The van der Waals surface area contributed by atoms with E-state index in [9.17, 15) is 0 Å². The molecular formula is C22H31N5O. The van der Waals surface area contributed by atoms with Gasteiger partial charge in [-0.1, -0.05) is 13.8 Å². The highest BCUT2D eigenvalue weighted by molar-refractivity contribution is 5.61. The minimum absolute atomic E-state index is 0.268. The molecule has 0 atom stereocenters. The van der Waals surface area contributed by atoms with Gasteiger partial charge in [0, 0.05) is 43.0 Å². The van der Waals surface area contributed by atoms with Gasteiger partial charge in [0.05, 0.1) is 24.4 Å². The molecule has 28 heavy (non-hydrogen) atoms. The summed E-state index contributed by atoms with van der Waals surface area (Å²) in [6.45, 7) is 10.5. The molecule has 3 aliphatic carbocycles. The van der Waals surface area contributed by atoms with Crippen LogP contribution >= 0.6 is 0 Å². The SMILES string of the molecule is Cc1cc(-c2cn(C34CC(N5CCOCC5)(C3)C4)c(CC(C)C)n2)cnc1N. The quantitative estimate of drug-likeness (QED) is 0.862. The predicted molar refractivity (Wildman–Crippen MR) is 110 cm³/mol. The highest BCUT2D eigenvalue weighted by Crippen LogP contribution is 2.68. The molecule has 2 N–H and O–H groups in total. The van der Waals surface area contributed by atoms with Gasteiger partial charge in [0.15, 0.2) is 0 Å². The molecule has 1 aliphatic heterocycles. The van der Waals surface area contributed by atoms with Gasteiger partial charge in [0.25, 0.3) is 0 Å². The molecule has 6 nitrogen and oxygen atoms in total. The molecule has 2 aromatic rings. The van der Waals surface area contributed by atoms with E-state index in [2.05, 4.69) is 40.6 Å². The van der Waals surface area contributed by atoms with Crippen LogP contribution in [0.1, 0.15) is 44.5 Å². The Labute approximate surface area is 167 Å². The van der Waals surface area contributed by atoms with E-state index >= 15 is 0 Å². The van der Waals surface area contributed by atoms with Crippen molar-refractivity contribution in [1.29, 1.82) is 0 Å². The fourth-order valence-electron chi connectivity index (χ4n) is 5.51. The van der Waals surface area contributed by atoms with Crippen molar-refractivity contribution >= 4 is 5.82 Å². The first-order valence-corrected chi connectivity index (χ1v) is 10.5. The zero-order chi connectivity index (χ0) is 19.5. The summed E-state index contributed by atoms with van der Waals surface area (Å²) in [5.41, 5.74) is 9.69. The topological polar surface area (TPSA) is 69.2 Å². The zero-order valence-corrected chi connectivity index (χ0v) is 17.2. The highest BCUT2D eigenvalue weighted by Gasteiger charge is 2.71. The van der Waals surface area contributed by atoms with Crippen molar-refractivity contribution in [2.75, 3.05) is 32.0 Å². The second kappa shape index (κ2) is 6.29. The van der Waals surface area contributed by atoms with Gasteiger partial charge in [-0.15, -0.1) is 0 Å². The van der Waals surface area contributed by atoms with Gasteiger partial charge in [0.2, 0.25) is 0 Å². The standard InChI is InChI=1S/C22H31N5O/c1-15(2)8-19-25-18(17-9-16(3)20(23)24-10-17)11-27(19)22-12-21(13-22,14-22)26-4-6-28-7-5-26/h9-11,15H,4-8,12-14H2,1-3H3,(H2,23,24). The van der Waals surface area contributed by atoms with Gasteiger partial charge >= 0.3 is 0 Å². The maximum Gasteiger partial charge on any atom is 0.126 e. The van der Waals surface area contributed by atoms with Crippen molar-refractivity contribution < 1.29 is 4.74 Å². The summed E-state index contributed by atoms with van der Waals surface area (Å²) in [5.74, 6) is 2.40. The number of anilines is 1. The Bertz CT molecular complexity index is 877. The zero-order valence-electron chi connectivity index (χ0n) is 17.2. The molecule has 4 fully saturated rings. The van der Waals surface area contributed by atoms with E-state index in [1.54, 1.807) is 0 Å². The Morgan fingerprint density at radius 2 is 1.89 bits per heavy atom. The van der Waals surface area contributed by atoms with E-state index in [0.29, 0.717) is 17.3 Å². The molecule has 3 saturated carbocycles. The Hall–Kier alpha value is -1.92. The van der Waals surface area contributed by atoms with Crippen molar-refractivity contribution in [3.8, 4) is 11.3 Å². The molecule has 6 heteroatoms. The molecule has 6 rings (SSSR count).